The highest BCUT2D eigenvalue weighted by atomic mass is 32.2. The van der Waals surface area contributed by atoms with Gasteiger partial charge in [-0.05, 0) is 42.0 Å². The van der Waals surface area contributed by atoms with Crippen LogP contribution in [0.15, 0.2) is 41.3 Å². The second kappa shape index (κ2) is 14.3. The number of piperidine rings is 1. The van der Waals surface area contributed by atoms with E-state index in [2.05, 4.69) is 27.4 Å². The van der Waals surface area contributed by atoms with Gasteiger partial charge in [-0.3, -0.25) is 4.90 Å². The number of nitrogens with one attached hydrogen (secondary N) is 2. The van der Waals surface area contributed by atoms with Crippen LogP contribution in [-0.2, 0) is 25.9 Å². The Morgan fingerprint density at radius 1 is 1.06 bits per heavy atom. The van der Waals surface area contributed by atoms with Gasteiger partial charge in [-0.15, -0.1) is 11.3 Å². The van der Waals surface area contributed by atoms with Crippen LogP contribution in [0.4, 0.5) is 42.5 Å². The van der Waals surface area contributed by atoms with Crippen LogP contribution in [0, 0.1) is 11.8 Å². The van der Waals surface area contributed by atoms with E-state index >= 15 is 0 Å². The average Bonchev–Trinajstić information content (AvgIpc) is 3.56. The van der Waals surface area contributed by atoms with E-state index in [-0.39, 0.29) is 41.4 Å². The van der Waals surface area contributed by atoms with Crippen LogP contribution in [0.5, 0.6) is 5.75 Å². The molecule has 2 aliphatic rings. The van der Waals surface area contributed by atoms with Gasteiger partial charge in [0.2, 0.25) is 10.0 Å². The van der Waals surface area contributed by atoms with Crippen molar-refractivity contribution in [3.8, 4) is 17.6 Å². The van der Waals surface area contributed by atoms with E-state index in [9.17, 15) is 39.6 Å². The number of alkyl halides is 6. The molecule has 2 aromatic carbocycles. The summed E-state index contributed by atoms with van der Waals surface area (Å²) in [4.78, 5) is 13.1. The molecule has 0 amide bonds. The number of fused-ring (bicyclic) bond motifs is 1. The molecule has 1 unspecified atom stereocenters. The highest BCUT2D eigenvalue weighted by Gasteiger charge is 2.32. The third-order valence-corrected chi connectivity index (χ3v) is 9.60. The number of nitrogens with two attached hydrogens (primary N) is 1. The van der Waals surface area contributed by atoms with Gasteiger partial charge in [-0.1, -0.05) is 24.0 Å². The van der Waals surface area contributed by atoms with E-state index in [0.29, 0.717) is 22.3 Å². The van der Waals surface area contributed by atoms with Gasteiger partial charge >= 0.3 is 18.5 Å². The molecule has 18 heteroatoms. The van der Waals surface area contributed by atoms with Crippen LogP contribution in [0.1, 0.15) is 23.3 Å². The van der Waals surface area contributed by atoms with Crippen molar-refractivity contribution in [3.63, 3.8) is 0 Å². The molecule has 0 bridgehead atoms. The van der Waals surface area contributed by atoms with Crippen LogP contribution in [-0.4, -0.2) is 83.4 Å². The Kier molecular flexibility index (Phi) is 10.5. The Morgan fingerprint density at radius 3 is 2.46 bits per heavy atom. The molecule has 3 heterocycles. The van der Waals surface area contributed by atoms with E-state index in [4.69, 9.17) is 19.3 Å². The molecule has 2 aliphatic heterocycles. The number of carbonyl (C=O) groups excluding carboxylic acids is 1. The number of likely N-dealkylation sites (tertiary alicyclic amines) is 1. The minimum atomic E-state index is -4.71. The number of ether oxygens (including phenoxy) is 3. The summed E-state index contributed by atoms with van der Waals surface area (Å²) >= 11 is 1.10. The summed E-state index contributed by atoms with van der Waals surface area (Å²) < 4.78 is 118. The molecule has 2 fully saturated rings. The summed E-state index contributed by atoms with van der Waals surface area (Å²) in [7, 11) is -4.25. The Hall–Kier alpha value is -3.92. The maximum Gasteiger partial charge on any atom is 0.508 e. The Bertz CT molecular complexity index is 1810. The third-order valence-electron chi connectivity index (χ3n) is 7.50. The lowest BCUT2D eigenvalue weighted by molar-refractivity contribution is -0.153. The number of thiophene rings is 1. The predicted octanol–water partition coefficient (Wildman–Crippen LogP) is 5.47. The van der Waals surface area contributed by atoms with Gasteiger partial charge < -0.3 is 24.8 Å². The summed E-state index contributed by atoms with van der Waals surface area (Å²) in [5.41, 5.74) is 0.654. The van der Waals surface area contributed by atoms with Gasteiger partial charge in [0.25, 0.3) is 0 Å². The van der Waals surface area contributed by atoms with Crippen molar-refractivity contribution < 1.29 is 53.8 Å². The Labute approximate surface area is 275 Å². The van der Waals surface area contributed by atoms with Crippen LogP contribution >= 0.6 is 11.3 Å². The van der Waals surface area contributed by atoms with Crippen LogP contribution in [0.25, 0.3) is 10.1 Å². The molecule has 1 aromatic heterocycles. The highest BCUT2D eigenvalue weighted by Crippen LogP contribution is 2.39. The number of benzene rings is 2. The van der Waals surface area contributed by atoms with E-state index < -0.39 is 52.2 Å². The summed E-state index contributed by atoms with van der Waals surface area (Å²) in [6, 6.07) is 8.18. The molecule has 48 heavy (non-hydrogen) atoms. The van der Waals surface area contributed by atoms with Crippen LogP contribution in [0.2, 0.25) is 0 Å². The first-order valence-electron chi connectivity index (χ1n) is 14.6. The van der Waals surface area contributed by atoms with Crippen molar-refractivity contribution in [1.82, 2.24) is 4.90 Å². The number of hydrogen-bond donors (Lipinski definition) is 3. The highest BCUT2D eigenvalue weighted by molar-refractivity contribution is 7.89. The van der Waals surface area contributed by atoms with Crippen molar-refractivity contribution in [2.75, 3.05) is 50.0 Å². The molecule has 2 saturated heterocycles. The van der Waals surface area contributed by atoms with Crippen LogP contribution < -0.4 is 20.5 Å². The summed E-state index contributed by atoms with van der Waals surface area (Å²) in [5, 5.41) is 11.7. The maximum atomic E-state index is 13.7. The normalized spacial score (nSPS) is 17.8. The van der Waals surface area contributed by atoms with E-state index in [1.54, 1.807) is 18.2 Å². The third kappa shape index (κ3) is 9.58. The number of hydrogen-bond acceptors (Lipinski definition) is 10. The molecule has 260 valence electrons. The van der Waals surface area contributed by atoms with Crippen molar-refractivity contribution in [2.45, 2.75) is 48.7 Å². The van der Waals surface area contributed by atoms with Gasteiger partial charge in [0.15, 0.2) is 12.7 Å². The van der Waals surface area contributed by atoms with Gasteiger partial charge in [0, 0.05) is 31.7 Å². The lowest BCUT2D eigenvalue weighted by Crippen LogP contribution is -2.43. The molecule has 5 rings (SSSR count). The lowest BCUT2D eigenvalue weighted by Gasteiger charge is -2.33. The second-order valence-corrected chi connectivity index (χ2v) is 13.7. The maximum absolute atomic E-state index is 13.7. The standard InChI is InChI=1S/C30H30F6N4O6S2/c31-29(32,33)14-22-21-3-1-4-24(39-18-8-11-40(12-9-18)15-19-16-44-28(41)46-19)27(21)47-26(22)5-2-10-38-23-7-6-20(48(37,42)43)13-25(23)45-17-30(34,35)36/h1,3-4,6-7,13,18-19,38-39H,8-12,14-17H2,(H2,37,42,43). The van der Waals surface area contributed by atoms with Crippen molar-refractivity contribution in [2.24, 2.45) is 5.14 Å². The van der Waals surface area contributed by atoms with E-state index in [1.807, 2.05) is 0 Å². The Morgan fingerprint density at radius 2 is 1.81 bits per heavy atom. The first kappa shape index (κ1) is 35.4. The van der Waals surface area contributed by atoms with E-state index in [1.165, 1.54) is 0 Å². The zero-order chi connectivity index (χ0) is 34.7. The average molecular weight is 721 g/mol. The molecule has 0 radical (unpaired) electrons. The van der Waals surface area contributed by atoms with Crippen LogP contribution in [0.3, 0.4) is 0 Å². The zero-order valence-electron chi connectivity index (χ0n) is 25.0. The fraction of sp³-hybridized carbons (Fsp3) is 0.433. The molecule has 1 atom stereocenters. The summed E-state index contributed by atoms with van der Waals surface area (Å²) in [5.74, 6) is 5.04. The van der Waals surface area contributed by atoms with Crippen molar-refractivity contribution >= 4 is 49.0 Å². The number of cyclic esters (lactones) is 2. The summed E-state index contributed by atoms with van der Waals surface area (Å²) in [6.45, 7) is 0.301. The first-order valence-corrected chi connectivity index (χ1v) is 16.9. The fourth-order valence-corrected chi connectivity index (χ4v) is 7.05. The quantitative estimate of drug-likeness (QED) is 0.142. The first-order chi connectivity index (χ1) is 22.5. The molecule has 4 N–H and O–H groups in total. The topological polar surface area (TPSA) is 132 Å². The molecule has 3 aromatic rings. The number of rotatable bonds is 10. The SMILES string of the molecule is NS(=O)(=O)c1ccc(NCC#Cc2sc3c(NC4CCN(CC5COC(=O)O5)CC4)cccc3c2CC(F)(F)F)c(OCC(F)(F)F)c1. The molecular weight excluding hydrogens is 690 g/mol. The largest absolute Gasteiger partial charge is 0.508 e. The Balaban J connectivity index is 1.31. The predicted molar refractivity (Wildman–Crippen MR) is 166 cm³/mol. The minimum absolute atomic E-state index is 0.00787. The lowest BCUT2D eigenvalue weighted by atomic mass is 10.0. The van der Waals surface area contributed by atoms with Gasteiger partial charge in [-0.25, -0.2) is 18.4 Å². The number of primary sulfonamides is 1. The van der Waals surface area contributed by atoms with Gasteiger partial charge in [0.1, 0.15) is 12.4 Å². The molecule has 0 spiro atoms. The monoisotopic (exact) mass is 720 g/mol. The van der Waals surface area contributed by atoms with Crippen molar-refractivity contribution in [3.05, 3.63) is 46.8 Å². The van der Waals surface area contributed by atoms with Crippen molar-refractivity contribution in [1.29, 1.82) is 0 Å². The molecule has 10 nitrogen and oxygen atoms in total. The smallest absolute Gasteiger partial charge is 0.482 e. The van der Waals surface area contributed by atoms with Gasteiger partial charge in [0.05, 0.1) is 38.8 Å². The zero-order valence-corrected chi connectivity index (χ0v) is 26.7. The number of sulfonamides is 1. The fourth-order valence-electron chi connectivity index (χ4n) is 5.35. The number of anilines is 2. The van der Waals surface area contributed by atoms with E-state index in [0.717, 1.165) is 55.5 Å². The van der Waals surface area contributed by atoms with Gasteiger partial charge in [-0.2, -0.15) is 26.3 Å². The molecule has 0 saturated carbocycles. The molecule has 0 aliphatic carbocycles. The number of halogens is 6. The summed E-state index contributed by atoms with van der Waals surface area (Å²) in [6.07, 6.45) is -9.93. The number of carbonyl (C=O) groups is 1. The minimum Gasteiger partial charge on any atom is -0.482 e. The molecular formula is C30H30F6N4O6S2. The second-order valence-electron chi connectivity index (χ2n) is 11.2. The number of nitrogens with zero attached hydrogens (tertiary/aromatic N) is 1.